The summed E-state index contributed by atoms with van der Waals surface area (Å²) < 4.78 is 13.5. The summed E-state index contributed by atoms with van der Waals surface area (Å²) >= 11 is 1.68. The number of aryl methyl sites for hydroxylation is 1. The molecule has 7 heteroatoms. The highest BCUT2D eigenvalue weighted by Crippen LogP contribution is 2.20. The average Bonchev–Trinajstić information content (AvgIpc) is 3.05. The van der Waals surface area contributed by atoms with Gasteiger partial charge in [-0.15, -0.1) is 11.3 Å². The van der Waals surface area contributed by atoms with Crippen molar-refractivity contribution >= 4 is 23.0 Å². The van der Waals surface area contributed by atoms with Gasteiger partial charge in [-0.25, -0.2) is 14.4 Å². The van der Waals surface area contributed by atoms with E-state index < -0.39 is 0 Å². The standard InChI is InChI=1S/C19H26FN5S/c1-3-21-19(23-12-18-22-11-14(2)26-18)24-16-7-5-9-25(13-16)17-8-4-6-15(20)10-17/h4,6,8,10-11,16H,3,5,7,9,12-13H2,1-2H3,(H2,21,23,24). The molecule has 5 nitrogen and oxygen atoms in total. The quantitative estimate of drug-likeness (QED) is 0.622. The largest absolute Gasteiger partial charge is 0.369 e. The summed E-state index contributed by atoms with van der Waals surface area (Å²) in [7, 11) is 0. The highest BCUT2D eigenvalue weighted by Gasteiger charge is 2.21. The molecular formula is C19H26FN5S. The molecule has 1 atom stereocenters. The van der Waals surface area contributed by atoms with Crippen LogP contribution in [0.3, 0.4) is 0 Å². The predicted molar refractivity (Wildman–Crippen MR) is 106 cm³/mol. The van der Waals surface area contributed by atoms with Crippen LogP contribution >= 0.6 is 11.3 Å². The number of aliphatic imine (C=N–C) groups is 1. The van der Waals surface area contributed by atoms with Gasteiger partial charge in [0.1, 0.15) is 10.8 Å². The van der Waals surface area contributed by atoms with E-state index in [0.717, 1.165) is 49.1 Å². The number of piperidine rings is 1. The fraction of sp³-hybridized carbons (Fsp3) is 0.474. The van der Waals surface area contributed by atoms with Crippen molar-refractivity contribution in [3.8, 4) is 0 Å². The molecule has 0 spiro atoms. The number of nitrogens with zero attached hydrogens (tertiary/aromatic N) is 3. The molecule has 0 bridgehead atoms. The van der Waals surface area contributed by atoms with E-state index in [-0.39, 0.29) is 11.9 Å². The second kappa shape index (κ2) is 8.98. The first-order chi connectivity index (χ1) is 12.6. The van der Waals surface area contributed by atoms with E-state index in [1.54, 1.807) is 23.5 Å². The van der Waals surface area contributed by atoms with E-state index >= 15 is 0 Å². The van der Waals surface area contributed by atoms with Crippen molar-refractivity contribution in [2.45, 2.75) is 39.3 Å². The Morgan fingerprint density at radius 3 is 3.08 bits per heavy atom. The minimum Gasteiger partial charge on any atom is -0.369 e. The molecule has 140 valence electrons. The van der Waals surface area contributed by atoms with E-state index in [1.165, 1.54) is 10.9 Å². The van der Waals surface area contributed by atoms with E-state index in [1.807, 2.05) is 12.3 Å². The van der Waals surface area contributed by atoms with E-state index in [0.29, 0.717) is 6.54 Å². The first-order valence-corrected chi connectivity index (χ1v) is 9.92. The van der Waals surface area contributed by atoms with Gasteiger partial charge in [0.25, 0.3) is 0 Å². The molecule has 0 saturated carbocycles. The minimum absolute atomic E-state index is 0.189. The van der Waals surface area contributed by atoms with Crippen molar-refractivity contribution in [1.82, 2.24) is 15.6 Å². The number of thiazole rings is 1. The normalized spacial score (nSPS) is 18.0. The van der Waals surface area contributed by atoms with Crippen molar-refractivity contribution in [2.24, 2.45) is 4.99 Å². The van der Waals surface area contributed by atoms with Crippen molar-refractivity contribution < 1.29 is 4.39 Å². The molecule has 0 aliphatic carbocycles. The fourth-order valence-corrected chi connectivity index (χ4v) is 3.85. The number of benzene rings is 1. The zero-order chi connectivity index (χ0) is 18.4. The molecule has 1 aliphatic heterocycles. The number of guanidine groups is 1. The zero-order valence-electron chi connectivity index (χ0n) is 15.3. The Hall–Kier alpha value is -2.15. The van der Waals surface area contributed by atoms with Gasteiger partial charge in [-0.1, -0.05) is 6.07 Å². The van der Waals surface area contributed by atoms with Crippen LogP contribution in [-0.4, -0.2) is 36.6 Å². The number of anilines is 1. The second-order valence-corrected chi connectivity index (χ2v) is 7.79. The monoisotopic (exact) mass is 375 g/mol. The van der Waals surface area contributed by atoms with Crippen LogP contribution in [0.1, 0.15) is 29.7 Å². The summed E-state index contributed by atoms with van der Waals surface area (Å²) in [6, 6.07) is 7.10. The topological polar surface area (TPSA) is 52.6 Å². The maximum Gasteiger partial charge on any atom is 0.191 e. The van der Waals surface area contributed by atoms with E-state index in [9.17, 15) is 4.39 Å². The van der Waals surface area contributed by atoms with Gasteiger partial charge in [-0.05, 0) is 44.9 Å². The lowest BCUT2D eigenvalue weighted by molar-refractivity contribution is 0.467. The molecule has 3 rings (SSSR count). The molecule has 1 saturated heterocycles. The molecule has 1 aromatic carbocycles. The minimum atomic E-state index is -0.189. The van der Waals surface area contributed by atoms with Crippen LogP contribution in [0.2, 0.25) is 0 Å². The first-order valence-electron chi connectivity index (χ1n) is 9.10. The summed E-state index contributed by atoms with van der Waals surface area (Å²) in [6.07, 6.45) is 4.03. The SMILES string of the molecule is CCNC(=NCc1ncc(C)s1)NC1CCCN(c2cccc(F)c2)C1. The molecule has 26 heavy (non-hydrogen) atoms. The number of nitrogens with one attached hydrogen (secondary N) is 2. The Morgan fingerprint density at radius 1 is 1.46 bits per heavy atom. The zero-order valence-corrected chi connectivity index (χ0v) is 16.2. The first kappa shape index (κ1) is 18.6. The maximum atomic E-state index is 13.5. The third-order valence-corrected chi connectivity index (χ3v) is 5.22. The Labute approximate surface area is 158 Å². The highest BCUT2D eigenvalue weighted by molar-refractivity contribution is 7.11. The van der Waals surface area contributed by atoms with Crippen molar-refractivity contribution in [3.63, 3.8) is 0 Å². The molecule has 2 heterocycles. The van der Waals surface area contributed by atoms with Gasteiger partial charge in [0, 0.05) is 42.4 Å². The van der Waals surface area contributed by atoms with Crippen molar-refractivity contribution in [1.29, 1.82) is 0 Å². The average molecular weight is 376 g/mol. The second-order valence-electron chi connectivity index (χ2n) is 6.47. The lowest BCUT2D eigenvalue weighted by atomic mass is 10.0. The Bertz CT molecular complexity index is 745. The number of rotatable bonds is 5. The summed E-state index contributed by atoms with van der Waals surface area (Å²) in [6.45, 7) is 7.29. The lowest BCUT2D eigenvalue weighted by Crippen LogP contribution is -2.51. The summed E-state index contributed by atoms with van der Waals surface area (Å²) in [5, 5.41) is 7.85. The van der Waals surface area contributed by atoms with Gasteiger partial charge >= 0.3 is 0 Å². The van der Waals surface area contributed by atoms with Crippen LogP contribution in [0, 0.1) is 12.7 Å². The van der Waals surface area contributed by atoms with Crippen LogP contribution in [0.25, 0.3) is 0 Å². The lowest BCUT2D eigenvalue weighted by Gasteiger charge is -2.35. The van der Waals surface area contributed by atoms with Gasteiger partial charge in [-0.2, -0.15) is 0 Å². The van der Waals surface area contributed by atoms with Crippen LogP contribution in [0.4, 0.5) is 10.1 Å². The van der Waals surface area contributed by atoms with Crippen LogP contribution < -0.4 is 15.5 Å². The fourth-order valence-electron chi connectivity index (χ4n) is 3.14. The van der Waals surface area contributed by atoms with Gasteiger partial charge < -0.3 is 15.5 Å². The summed E-state index contributed by atoms with van der Waals surface area (Å²) in [4.78, 5) is 12.5. The third kappa shape index (κ3) is 5.17. The highest BCUT2D eigenvalue weighted by atomic mass is 32.1. The number of halogens is 1. The summed E-state index contributed by atoms with van der Waals surface area (Å²) in [5.41, 5.74) is 0.941. The molecular weight excluding hydrogens is 349 g/mol. The molecule has 0 amide bonds. The van der Waals surface area contributed by atoms with Gasteiger partial charge in [-0.3, -0.25) is 0 Å². The molecule has 0 radical (unpaired) electrons. The van der Waals surface area contributed by atoms with Gasteiger partial charge in [0.2, 0.25) is 0 Å². The Morgan fingerprint density at radius 2 is 2.35 bits per heavy atom. The Kier molecular flexibility index (Phi) is 6.44. The number of hydrogen-bond acceptors (Lipinski definition) is 4. The van der Waals surface area contributed by atoms with Crippen LogP contribution in [0.15, 0.2) is 35.5 Å². The van der Waals surface area contributed by atoms with Gasteiger partial charge in [0.15, 0.2) is 5.96 Å². The molecule has 2 aromatic rings. The summed E-state index contributed by atoms with van der Waals surface area (Å²) in [5.74, 6) is 0.623. The van der Waals surface area contributed by atoms with E-state index in [4.69, 9.17) is 0 Å². The Balaban J connectivity index is 1.62. The molecule has 1 fully saturated rings. The van der Waals surface area contributed by atoms with Crippen LogP contribution in [0.5, 0.6) is 0 Å². The molecule has 1 unspecified atom stereocenters. The maximum absolute atomic E-state index is 13.5. The third-order valence-electron chi connectivity index (χ3n) is 4.32. The predicted octanol–water partition coefficient (Wildman–Crippen LogP) is 3.31. The molecule has 1 aromatic heterocycles. The number of hydrogen-bond donors (Lipinski definition) is 2. The molecule has 1 aliphatic rings. The van der Waals surface area contributed by atoms with E-state index in [2.05, 4.69) is 39.4 Å². The number of aromatic nitrogens is 1. The van der Waals surface area contributed by atoms with Gasteiger partial charge in [0.05, 0.1) is 6.54 Å². The smallest absolute Gasteiger partial charge is 0.191 e. The van der Waals surface area contributed by atoms with Crippen molar-refractivity contribution in [3.05, 3.63) is 46.2 Å². The van der Waals surface area contributed by atoms with Crippen molar-refractivity contribution in [2.75, 3.05) is 24.5 Å². The molecule has 2 N–H and O–H groups in total. The van der Waals surface area contributed by atoms with Crippen LogP contribution in [-0.2, 0) is 6.54 Å².